The van der Waals surface area contributed by atoms with Gasteiger partial charge in [0.15, 0.2) is 17.2 Å². The lowest BCUT2D eigenvalue weighted by Crippen LogP contribution is -2.18. The average molecular weight is 313 g/mol. The van der Waals surface area contributed by atoms with Crippen molar-refractivity contribution in [2.45, 2.75) is 18.8 Å². The number of rotatable bonds is 2. The molecule has 0 aliphatic heterocycles. The highest BCUT2D eigenvalue weighted by molar-refractivity contribution is 7.17. The van der Waals surface area contributed by atoms with Crippen LogP contribution in [0.3, 0.4) is 0 Å². The van der Waals surface area contributed by atoms with E-state index in [1.54, 1.807) is 17.9 Å². The molecule has 0 saturated heterocycles. The molecule has 4 aromatic rings. The first-order chi connectivity index (χ1) is 10.7. The fourth-order valence-electron chi connectivity index (χ4n) is 2.73. The first-order valence-corrected chi connectivity index (χ1v) is 7.89. The summed E-state index contributed by atoms with van der Waals surface area (Å²) in [6.07, 6.45) is 3.91. The van der Waals surface area contributed by atoms with Crippen LogP contribution >= 0.6 is 11.3 Å². The molecule has 0 unspecified atom stereocenters. The maximum atomic E-state index is 12.5. The number of hydrogen-bond donors (Lipinski definition) is 0. The molecule has 0 N–H and O–H groups in total. The van der Waals surface area contributed by atoms with Gasteiger partial charge in [0, 0.05) is 13.0 Å². The Balaban J connectivity index is 1.83. The van der Waals surface area contributed by atoms with Crippen molar-refractivity contribution >= 4 is 27.2 Å². The Morgan fingerprint density at radius 1 is 1.41 bits per heavy atom. The summed E-state index contributed by atoms with van der Waals surface area (Å²) >= 11 is 1.43. The Kier molecular flexibility index (Phi) is 2.22. The molecule has 8 heteroatoms. The van der Waals surface area contributed by atoms with Gasteiger partial charge < -0.3 is 4.52 Å². The normalized spacial score (nSPS) is 15.1. The maximum absolute atomic E-state index is 12.5. The Morgan fingerprint density at radius 2 is 2.27 bits per heavy atom. The lowest BCUT2D eigenvalue weighted by atomic mass is 10.4. The highest BCUT2D eigenvalue weighted by atomic mass is 32.1. The fourth-order valence-corrected chi connectivity index (χ4v) is 3.59. The summed E-state index contributed by atoms with van der Waals surface area (Å²) in [6, 6.07) is 1.92. The van der Waals surface area contributed by atoms with Crippen molar-refractivity contribution in [3.63, 3.8) is 0 Å². The zero-order chi connectivity index (χ0) is 14.8. The molecule has 110 valence electrons. The molecule has 0 atom stereocenters. The van der Waals surface area contributed by atoms with Gasteiger partial charge in [0.2, 0.25) is 0 Å². The van der Waals surface area contributed by atoms with Crippen LogP contribution in [0.15, 0.2) is 27.1 Å². The van der Waals surface area contributed by atoms with Crippen LogP contribution in [0, 0.1) is 0 Å². The lowest BCUT2D eigenvalue weighted by molar-refractivity contribution is 0.422. The van der Waals surface area contributed by atoms with Crippen LogP contribution in [0.25, 0.3) is 27.4 Å². The Morgan fingerprint density at radius 3 is 3.09 bits per heavy atom. The van der Waals surface area contributed by atoms with Gasteiger partial charge in [-0.3, -0.25) is 13.8 Å². The van der Waals surface area contributed by atoms with E-state index in [4.69, 9.17) is 4.52 Å². The molecule has 0 radical (unpaired) electrons. The minimum absolute atomic E-state index is 0.0406. The van der Waals surface area contributed by atoms with Crippen molar-refractivity contribution in [1.29, 1.82) is 0 Å². The van der Waals surface area contributed by atoms with Crippen LogP contribution in [0.5, 0.6) is 0 Å². The first kappa shape index (κ1) is 12.1. The van der Waals surface area contributed by atoms with E-state index in [1.807, 2.05) is 15.8 Å². The summed E-state index contributed by atoms with van der Waals surface area (Å²) < 4.78 is 9.55. The summed E-state index contributed by atoms with van der Waals surface area (Å²) in [4.78, 5) is 21.3. The third-order valence-electron chi connectivity index (χ3n) is 4.05. The van der Waals surface area contributed by atoms with Gasteiger partial charge in [-0.05, 0) is 24.3 Å². The highest BCUT2D eigenvalue weighted by Crippen LogP contribution is 2.39. The van der Waals surface area contributed by atoms with Crippen molar-refractivity contribution in [2.24, 2.45) is 7.05 Å². The Hall–Kier alpha value is -2.48. The molecule has 0 spiro atoms. The van der Waals surface area contributed by atoms with E-state index in [-0.39, 0.29) is 5.56 Å². The molecular formula is C14H11N5O2S. The van der Waals surface area contributed by atoms with E-state index >= 15 is 0 Å². The van der Waals surface area contributed by atoms with E-state index in [1.165, 1.54) is 11.3 Å². The van der Waals surface area contributed by atoms with Crippen LogP contribution < -0.4 is 5.56 Å². The molecule has 5 rings (SSSR count). The molecule has 7 nitrogen and oxygen atoms in total. The lowest BCUT2D eigenvalue weighted by Gasteiger charge is -2.04. The summed E-state index contributed by atoms with van der Waals surface area (Å²) in [5, 5.41) is 5.93. The third-order valence-corrected chi connectivity index (χ3v) is 4.94. The van der Waals surface area contributed by atoms with Crippen LogP contribution in [-0.2, 0) is 7.05 Å². The van der Waals surface area contributed by atoms with E-state index in [0.717, 1.165) is 24.2 Å². The van der Waals surface area contributed by atoms with E-state index in [9.17, 15) is 4.79 Å². The topological polar surface area (TPSA) is 78.2 Å². The molecule has 1 saturated carbocycles. The molecular weight excluding hydrogens is 302 g/mol. The highest BCUT2D eigenvalue weighted by Gasteiger charge is 2.30. The summed E-state index contributed by atoms with van der Waals surface area (Å²) in [7, 11) is 1.74. The van der Waals surface area contributed by atoms with Gasteiger partial charge in [-0.25, -0.2) is 4.98 Å². The van der Waals surface area contributed by atoms with Gasteiger partial charge in [0.1, 0.15) is 11.0 Å². The number of aryl methyl sites for hydroxylation is 1. The molecule has 1 fully saturated rings. The summed E-state index contributed by atoms with van der Waals surface area (Å²) in [6.45, 7) is 0. The van der Waals surface area contributed by atoms with Gasteiger partial charge in [-0.15, -0.1) is 11.3 Å². The zero-order valence-electron chi connectivity index (χ0n) is 11.7. The number of aromatic nitrogens is 5. The van der Waals surface area contributed by atoms with Crippen LogP contribution in [0.2, 0.25) is 0 Å². The number of hydrogen-bond acceptors (Lipinski definition) is 6. The van der Waals surface area contributed by atoms with Gasteiger partial charge in [-0.2, -0.15) is 4.98 Å². The second-order valence-electron chi connectivity index (χ2n) is 5.52. The van der Waals surface area contributed by atoms with Gasteiger partial charge >= 0.3 is 0 Å². The molecule has 4 aromatic heterocycles. The van der Waals surface area contributed by atoms with Crippen molar-refractivity contribution in [3.8, 4) is 11.6 Å². The predicted octanol–water partition coefficient (Wildman–Crippen LogP) is 2.18. The molecule has 0 amide bonds. The van der Waals surface area contributed by atoms with Crippen molar-refractivity contribution in [1.82, 2.24) is 24.1 Å². The first-order valence-electron chi connectivity index (χ1n) is 7.01. The van der Waals surface area contributed by atoms with Crippen LogP contribution in [0.1, 0.15) is 24.6 Å². The Labute approximate surface area is 127 Å². The number of fused-ring (bicyclic) bond motifs is 3. The molecule has 1 aliphatic carbocycles. The average Bonchev–Trinajstić information content (AvgIpc) is 2.97. The smallest absolute Gasteiger partial charge is 0.280 e. The van der Waals surface area contributed by atoms with Gasteiger partial charge in [0.05, 0.1) is 5.52 Å². The standard InChI is InChI=1S/C14H11N5O2S/c1-18-13-9(12-16-11(17-21-12)7-2-3-7)15-6-19(13)8-4-5-22-10(8)14(18)20/h4-7H,2-3H2,1H3. The summed E-state index contributed by atoms with van der Waals surface area (Å²) in [5.41, 5.74) is 2.03. The molecule has 0 bridgehead atoms. The largest absolute Gasteiger partial charge is 0.332 e. The van der Waals surface area contributed by atoms with Crippen molar-refractivity contribution < 1.29 is 4.52 Å². The van der Waals surface area contributed by atoms with Crippen molar-refractivity contribution in [3.05, 3.63) is 34.0 Å². The van der Waals surface area contributed by atoms with Crippen LogP contribution in [-0.4, -0.2) is 24.1 Å². The van der Waals surface area contributed by atoms with Crippen LogP contribution in [0.4, 0.5) is 0 Å². The second kappa shape index (κ2) is 4.04. The van der Waals surface area contributed by atoms with E-state index < -0.39 is 0 Å². The maximum Gasteiger partial charge on any atom is 0.280 e. The summed E-state index contributed by atoms with van der Waals surface area (Å²) in [5.74, 6) is 1.52. The predicted molar refractivity (Wildman–Crippen MR) is 81.1 cm³/mol. The molecule has 0 aromatic carbocycles. The molecule has 1 aliphatic rings. The van der Waals surface area contributed by atoms with Gasteiger partial charge in [0.25, 0.3) is 11.4 Å². The van der Waals surface area contributed by atoms with Crippen molar-refractivity contribution in [2.75, 3.05) is 0 Å². The number of thiophene rings is 1. The molecule has 22 heavy (non-hydrogen) atoms. The Bertz CT molecular complexity index is 1080. The number of nitrogens with zero attached hydrogens (tertiary/aromatic N) is 5. The van der Waals surface area contributed by atoms with Gasteiger partial charge in [-0.1, -0.05) is 5.16 Å². The molecule has 4 heterocycles. The SMILES string of the molecule is Cn1c(=O)c2sccc2n2cnc(-c3nc(C4CC4)no3)c12. The fraction of sp³-hybridized carbons (Fsp3) is 0.286. The minimum Gasteiger partial charge on any atom is -0.332 e. The second-order valence-corrected chi connectivity index (χ2v) is 6.43. The quantitative estimate of drug-likeness (QED) is 0.567. The third kappa shape index (κ3) is 1.50. The monoisotopic (exact) mass is 313 g/mol. The minimum atomic E-state index is -0.0406. The van der Waals surface area contributed by atoms with E-state index in [0.29, 0.717) is 27.8 Å². The van der Waals surface area contributed by atoms with E-state index in [2.05, 4.69) is 15.1 Å². The zero-order valence-corrected chi connectivity index (χ0v) is 12.5. The number of imidazole rings is 1.